The average molecular weight is 349 g/mol. The first-order chi connectivity index (χ1) is 10.5. The Morgan fingerprint density at radius 2 is 1.70 bits per heavy atom. The highest BCUT2D eigenvalue weighted by atomic mass is 35.5. The maximum atomic E-state index is 13.7. The van der Waals surface area contributed by atoms with Crippen molar-refractivity contribution in [3.05, 3.63) is 35.1 Å². The van der Waals surface area contributed by atoms with Gasteiger partial charge in [-0.25, -0.2) is 13.2 Å². The lowest BCUT2D eigenvalue weighted by atomic mass is 9.67. The van der Waals surface area contributed by atoms with Gasteiger partial charge in [-0.3, -0.25) is 4.79 Å². The Kier molecular flexibility index (Phi) is 5.57. The minimum absolute atomic E-state index is 0. The fourth-order valence-electron chi connectivity index (χ4n) is 3.96. The van der Waals surface area contributed by atoms with Crippen molar-refractivity contribution in [2.45, 2.75) is 44.2 Å². The van der Waals surface area contributed by atoms with Gasteiger partial charge in [0.05, 0.1) is 5.56 Å². The van der Waals surface area contributed by atoms with Crippen LogP contribution in [0.15, 0.2) is 12.1 Å². The van der Waals surface area contributed by atoms with Crippen LogP contribution in [-0.2, 0) is 0 Å². The lowest BCUT2D eigenvalue weighted by molar-refractivity contribution is 0.0751. The van der Waals surface area contributed by atoms with E-state index in [1.165, 1.54) is 0 Å². The van der Waals surface area contributed by atoms with E-state index in [4.69, 9.17) is 5.73 Å². The standard InChI is InChI=1S/C16H19F3N2O.ClH/c17-12-5-4-11(13(18)14(12)19)16(22)21-15-8-2-1-3-9(15)7-10(20)6-8;/h4-5,8-10,15H,1-3,6-7,20H2,(H,21,22);1H. The molecule has 23 heavy (non-hydrogen) atoms. The molecule has 3 rings (SSSR count). The first-order valence-electron chi connectivity index (χ1n) is 7.67. The lowest BCUT2D eigenvalue weighted by Crippen LogP contribution is -2.53. The van der Waals surface area contributed by atoms with Crippen molar-refractivity contribution in [2.24, 2.45) is 17.6 Å². The molecular formula is C16H20ClF3N2O. The highest BCUT2D eigenvalue weighted by molar-refractivity contribution is 5.94. The summed E-state index contributed by atoms with van der Waals surface area (Å²) in [6.07, 6.45) is 4.74. The summed E-state index contributed by atoms with van der Waals surface area (Å²) in [5, 5.41) is 2.82. The van der Waals surface area contributed by atoms with E-state index in [2.05, 4.69) is 5.32 Å². The highest BCUT2D eigenvalue weighted by Gasteiger charge is 2.40. The molecule has 0 aliphatic heterocycles. The second kappa shape index (κ2) is 7.09. The van der Waals surface area contributed by atoms with E-state index in [1.807, 2.05) is 0 Å². The second-order valence-corrected chi connectivity index (χ2v) is 6.40. The Balaban J connectivity index is 0.00000192. The Morgan fingerprint density at radius 3 is 2.30 bits per heavy atom. The molecule has 2 bridgehead atoms. The number of amides is 1. The summed E-state index contributed by atoms with van der Waals surface area (Å²) in [4.78, 5) is 12.2. The zero-order chi connectivity index (χ0) is 15.9. The SMILES string of the molecule is Cl.NC1CC2CCCC(C1)C2NC(=O)c1ccc(F)c(F)c1F. The van der Waals surface area contributed by atoms with Crippen LogP contribution in [0.4, 0.5) is 13.2 Å². The van der Waals surface area contributed by atoms with Gasteiger partial charge in [0, 0.05) is 12.1 Å². The molecule has 2 aliphatic rings. The minimum Gasteiger partial charge on any atom is -0.349 e. The van der Waals surface area contributed by atoms with Crippen LogP contribution in [0, 0.1) is 29.3 Å². The average Bonchev–Trinajstić information content (AvgIpc) is 2.46. The molecule has 0 saturated heterocycles. The molecule has 2 atom stereocenters. The van der Waals surface area contributed by atoms with Gasteiger partial charge in [-0.05, 0) is 49.7 Å². The van der Waals surface area contributed by atoms with E-state index in [9.17, 15) is 18.0 Å². The molecule has 128 valence electrons. The van der Waals surface area contributed by atoms with Crippen LogP contribution in [0.2, 0.25) is 0 Å². The monoisotopic (exact) mass is 348 g/mol. The third-order valence-electron chi connectivity index (χ3n) is 4.95. The molecule has 2 fully saturated rings. The van der Waals surface area contributed by atoms with E-state index in [0.717, 1.165) is 44.2 Å². The van der Waals surface area contributed by atoms with Gasteiger partial charge in [-0.15, -0.1) is 12.4 Å². The lowest BCUT2D eigenvalue weighted by Gasteiger charge is -2.45. The number of benzene rings is 1. The van der Waals surface area contributed by atoms with Gasteiger partial charge in [-0.1, -0.05) is 6.42 Å². The van der Waals surface area contributed by atoms with E-state index in [0.29, 0.717) is 0 Å². The summed E-state index contributed by atoms with van der Waals surface area (Å²) in [6, 6.07) is 1.83. The molecule has 2 aliphatic carbocycles. The number of fused-ring (bicyclic) bond motifs is 2. The molecule has 2 saturated carbocycles. The van der Waals surface area contributed by atoms with Gasteiger partial charge >= 0.3 is 0 Å². The zero-order valence-corrected chi connectivity index (χ0v) is 13.3. The molecule has 1 aromatic carbocycles. The molecule has 1 amide bonds. The Morgan fingerprint density at radius 1 is 1.09 bits per heavy atom. The fourth-order valence-corrected chi connectivity index (χ4v) is 3.96. The van der Waals surface area contributed by atoms with Gasteiger partial charge in [0.2, 0.25) is 0 Å². The maximum absolute atomic E-state index is 13.7. The smallest absolute Gasteiger partial charge is 0.254 e. The first kappa shape index (κ1) is 18.1. The topological polar surface area (TPSA) is 55.1 Å². The normalized spacial score (nSPS) is 29.6. The zero-order valence-electron chi connectivity index (χ0n) is 12.5. The summed E-state index contributed by atoms with van der Waals surface area (Å²) in [5.74, 6) is -4.48. The number of hydrogen-bond donors (Lipinski definition) is 2. The van der Waals surface area contributed by atoms with Crippen molar-refractivity contribution in [2.75, 3.05) is 0 Å². The van der Waals surface area contributed by atoms with Crippen molar-refractivity contribution in [3.63, 3.8) is 0 Å². The predicted octanol–water partition coefficient (Wildman–Crippen LogP) is 3.16. The van der Waals surface area contributed by atoms with Crippen molar-refractivity contribution >= 4 is 18.3 Å². The quantitative estimate of drug-likeness (QED) is 0.807. The Hall–Kier alpha value is -1.27. The first-order valence-corrected chi connectivity index (χ1v) is 7.67. The molecule has 0 aromatic heterocycles. The van der Waals surface area contributed by atoms with Crippen LogP contribution in [0.1, 0.15) is 42.5 Å². The highest BCUT2D eigenvalue weighted by Crippen LogP contribution is 2.39. The number of halogens is 4. The number of carbonyl (C=O) groups is 1. The van der Waals surface area contributed by atoms with Gasteiger partial charge in [0.15, 0.2) is 17.5 Å². The van der Waals surface area contributed by atoms with Crippen LogP contribution >= 0.6 is 12.4 Å². The van der Waals surface area contributed by atoms with Gasteiger partial charge in [-0.2, -0.15) is 0 Å². The predicted molar refractivity (Wildman–Crippen MR) is 82.9 cm³/mol. The van der Waals surface area contributed by atoms with Gasteiger partial charge in [0.25, 0.3) is 5.91 Å². The summed E-state index contributed by atoms with van der Waals surface area (Å²) >= 11 is 0. The fraction of sp³-hybridized carbons (Fsp3) is 0.562. The Labute approximate surface area is 139 Å². The van der Waals surface area contributed by atoms with Crippen LogP contribution in [0.5, 0.6) is 0 Å². The number of nitrogens with two attached hydrogens (primary N) is 1. The molecule has 0 heterocycles. The summed E-state index contributed by atoms with van der Waals surface area (Å²) < 4.78 is 39.9. The molecule has 7 heteroatoms. The van der Waals surface area contributed by atoms with Crippen LogP contribution < -0.4 is 11.1 Å². The summed E-state index contributed by atoms with van der Waals surface area (Å²) in [6.45, 7) is 0. The van der Waals surface area contributed by atoms with Crippen molar-refractivity contribution < 1.29 is 18.0 Å². The molecule has 0 radical (unpaired) electrons. The molecule has 3 N–H and O–H groups in total. The van der Waals surface area contributed by atoms with Crippen LogP contribution in [-0.4, -0.2) is 18.0 Å². The molecule has 1 aromatic rings. The number of carbonyl (C=O) groups excluding carboxylic acids is 1. The van der Waals surface area contributed by atoms with E-state index in [-0.39, 0.29) is 36.3 Å². The molecule has 3 nitrogen and oxygen atoms in total. The molecule has 0 spiro atoms. The largest absolute Gasteiger partial charge is 0.349 e. The maximum Gasteiger partial charge on any atom is 0.254 e. The van der Waals surface area contributed by atoms with Crippen LogP contribution in [0.3, 0.4) is 0 Å². The Bertz CT molecular complexity index is 585. The van der Waals surface area contributed by atoms with Gasteiger partial charge in [0.1, 0.15) is 0 Å². The summed E-state index contributed by atoms with van der Waals surface area (Å²) in [5.41, 5.74) is 5.57. The molecule has 2 unspecified atom stereocenters. The third kappa shape index (κ3) is 3.48. The minimum atomic E-state index is -1.61. The molecular weight excluding hydrogens is 329 g/mol. The van der Waals surface area contributed by atoms with Crippen molar-refractivity contribution in [1.82, 2.24) is 5.32 Å². The summed E-state index contributed by atoms with van der Waals surface area (Å²) in [7, 11) is 0. The van der Waals surface area contributed by atoms with Crippen molar-refractivity contribution in [1.29, 1.82) is 0 Å². The number of nitrogens with one attached hydrogen (secondary N) is 1. The van der Waals surface area contributed by atoms with E-state index < -0.39 is 28.9 Å². The van der Waals surface area contributed by atoms with E-state index >= 15 is 0 Å². The number of hydrogen-bond acceptors (Lipinski definition) is 2. The third-order valence-corrected chi connectivity index (χ3v) is 4.95. The number of rotatable bonds is 2. The van der Waals surface area contributed by atoms with E-state index in [1.54, 1.807) is 0 Å². The van der Waals surface area contributed by atoms with Crippen LogP contribution in [0.25, 0.3) is 0 Å². The van der Waals surface area contributed by atoms with Crippen molar-refractivity contribution in [3.8, 4) is 0 Å². The second-order valence-electron chi connectivity index (χ2n) is 6.40. The van der Waals surface area contributed by atoms with Gasteiger partial charge < -0.3 is 11.1 Å².